The lowest BCUT2D eigenvalue weighted by atomic mass is 9.97. The third-order valence-corrected chi connectivity index (χ3v) is 3.61. The maximum absolute atomic E-state index is 5.73. The standard InChI is InChI=1S/C13H18N2O/c1-15-6-7-16-13-8-10(2-3-12(13)15)11-4-5-14-9-11/h2-3,8,11,14H,4-7,9H2,1H3. The minimum atomic E-state index is 0.668. The molecular weight excluding hydrogens is 200 g/mol. The van der Waals surface area contributed by atoms with Gasteiger partial charge in [-0.15, -0.1) is 0 Å². The first-order chi connectivity index (χ1) is 7.84. The summed E-state index contributed by atoms with van der Waals surface area (Å²) in [5.41, 5.74) is 2.64. The van der Waals surface area contributed by atoms with E-state index >= 15 is 0 Å². The molecule has 2 aliphatic heterocycles. The van der Waals surface area contributed by atoms with Gasteiger partial charge in [0, 0.05) is 13.6 Å². The van der Waals surface area contributed by atoms with Gasteiger partial charge in [-0.25, -0.2) is 0 Å². The average Bonchev–Trinajstić information content (AvgIpc) is 2.82. The number of ether oxygens (including phenoxy) is 1. The summed E-state index contributed by atoms with van der Waals surface area (Å²) in [6.07, 6.45) is 1.24. The van der Waals surface area contributed by atoms with E-state index in [1.165, 1.54) is 17.7 Å². The maximum Gasteiger partial charge on any atom is 0.142 e. The van der Waals surface area contributed by atoms with Crippen molar-refractivity contribution >= 4 is 5.69 Å². The van der Waals surface area contributed by atoms with Crippen LogP contribution in [0.25, 0.3) is 0 Å². The molecule has 2 aliphatic rings. The van der Waals surface area contributed by atoms with Crippen molar-refractivity contribution in [3.63, 3.8) is 0 Å². The molecule has 2 heterocycles. The second-order valence-corrected chi connectivity index (χ2v) is 4.69. The molecule has 0 aromatic heterocycles. The highest BCUT2D eigenvalue weighted by atomic mass is 16.5. The Morgan fingerprint density at radius 2 is 2.38 bits per heavy atom. The Morgan fingerprint density at radius 3 is 3.19 bits per heavy atom. The monoisotopic (exact) mass is 218 g/mol. The van der Waals surface area contributed by atoms with Crippen LogP contribution in [0.5, 0.6) is 5.75 Å². The third-order valence-electron chi connectivity index (χ3n) is 3.61. The Kier molecular flexibility index (Phi) is 2.48. The minimum Gasteiger partial charge on any atom is -0.490 e. The van der Waals surface area contributed by atoms with E-state index in [1.807, 2.05) is 0 Å². The van der Waals surface area contributed by atoms with Gasteiger partial charge in [0.05, 0.1) is 12.2 Å². The summed E-state index contributed by atoms with van der Waals surface area (Å²) < 4.78 is 5.73. The fraction of sp³-hybridized carbons (Fsp3) is 0.538. The molecule has 3 nitrogen and oxygen atoms in total. The van der Waals surface area contributed by atoms with Crippen LogP contribution in [0.15, 0.2) is 18.2 Å². The lowest BCUT2D eigenvalue weighted by Gasteiger charge is -2.28. The zero-order valence-corrected chi connectivity index (χ0v) is 9.70. The van der Waals surface area contributed by atoms with Gasteiger partial charge in [-0.05, 0) is 36.6 Å². The highest BCUT2D eigenvalue weighted by Gasteiger charge is 2.20. The van der Waals surface area contributed by atoms with Crippen molar-refractivity contribution in [2.75, 3.05) is 38.2 Å². The highest BCUT2D eigenvalue weighted by Crippen LogP contribution is 2.34. The zero-order chi connectivity index (χ0) is 11.0. The van der Waals surface area contributed by atoms with E-state index in [-0.39, 0.29) is 0 Å². The number of nitrogens with one attached hydrogen (secondary N) is 1. The number of rotatable bonds is 1. The first-order valence-corrected chi connectivity index (χ1v) is 6.03. The molecule has 1 aromatic rings. The number of likely N-dealkylation sites (N-methyl/N-ethyl adjacent to an activating group) is 1. The smallest absolute Gasteiger partial charge is 0.142 e. The molecule has 0 amide bonds. The van der Waals surface area contributed by atoms with Crippen molar-refractivity contribution in [1.82, 2.24) is 5.32 Å². The molecule has 3 rings (SSSR count). The predicted octanol–water partition coefficient (Wildman–Crippen LogP) is 1.59. The molecule has 86 valence electrons. The predicted molar refractivity (Wildman–Crippen MR) is 65.4 cm³/mol. The SMILES string of the molecule is CN1CCOc2cc(C3CCNC3)ccc21. The summed E-state index contributed by atoms with van der Waals surface area (Å²) in [5, 5.41) is 3.41. The van der Waals surface area contributed by atoms with Crippen molar-refractivity contribution in [1.29, 1.82) is 0 Å². The molecule has 1 fully saturated rings. The molecule has 1 N–H and O–H groups in total. The van der Waals surface area contributed by atoms with Crippen LogP contribution in [0.1, 0.15) is 17.9 Å². The lowest BCUT2D eigenvalue weighted by Crippen LogP contribution is -2.28. The summed E-state index contributed by atoms with van der Waals surface area (Å²) in [5.74, 6) is 1.72. The molecule has 0 spiro atoms. The van der Waals surface area contributed by atoms with E-state index in [0.29, 0.717) is 5.92 Å². The van der Waals surface area contributed by atoms with E-state index in [1.54, 1.807) is 0 Å². The van der Waals surface area contributed by atoms with Crippen molar-refractivity contribution in [2.24, 2.45) is 0 Å². The van der Waals surface area contributed by atoms with Gasteiger partial charge in [0.25, 0.3) is 0 Å². The van der Waals surface area contributed by atoms with E-state index in [0.717, 1.165) is 32.0 Å². The van der Waals surface area contributed by atoms with Crippen molar-refractivity contribution in [3.8, 4) is 5.75 Å². The molecular formula is C13H18N2O. The average molecular weight is 218 g/mol. The quantitative estimate of drug-likeness (QED) is 0.774. The van der Waals surface area contributed by atoms with Gasteiger partial charge in [0.1, 0.15) is 12.4 Å². The van der Waals surface area contributed by atoms with Gasteiger partial charge < -0.3 is 15.0 Å². The maximum atomic E-state index is 5.73. The lowest BCUT2D eigenvalue weighted by molar-refractivity contribution is 0.311. The van der Waals surface area contributed by atoms with Crippen LogP contribution in [0, 0.1) is 0 Å². The van der Waals surface area contributed by atoms with Gasteiger partial charge in [0.2, 0.25) is 0 Å². The van der Waals surface area contributed by atoms with Gasteiger partial charge in [-0.3, -0.25) is 0 Å². The number of anilines is 1. The second-order valence-electron chi connectivity index (χ2n) is 4.69. The van der Waals surface area contributed by atoms with Gasteiger partial charge >= 0.3 is 0 Å². The molecule has 16 heavy (non-hydrogen) atoms. The van der Waals surface area contributed by atoms with Crippen molar-refractivity contribution in [3.05, 3.63) is 23.8 Å². The Morgan fingerprint density at radius 1 is 1.44 bits per heavy atom. The summed E-state index contributed by atoms with van der Waals surface area (Å²) >= 11 is 0. The molecule has 1 atom stereocenters. The summed E-state index contributed by atoms with van der Waals surface area (Å²) in [6, 6.07) is 6.67. The number of benzene rings is 1. The zero-order valence-electron chi connectivity index (χ0n) is 9.70. The Labute approximate surface area is 96.4 Å². The molecule has 0 aliphatic carbocycles. The van der Waals surface area contributed by atoms with Gasteiger partial charge in [0.15, 0.2) is 0 Å². The first-order valence-electron chi connectivity index (χ1n) is 6.03. The van der Waals surface area contributed by atoms with E-state index in [4.69, 9.17) is 4.74 Å². The van der Waals surface area contributed by atoms with Crippen LogP contribution < -0.4 is 15.0 Å². The van der Waals surface area contributed by atoms with Crippen LogP contribution >= 0.6 is 0 Å². The number of nitrogens with zero attached hydrogens (tertiary/aromatic N) is 1. The van der Waals surface area contributed by atoms with Gasteiger partial charge in [-0.2, -0.15) is 0 Å². The molecule has 0 bridgehead atoms. The van der Waals surface area contributed by atoms with E-state index in [2.05, 4.69) is 35.5 Å². The number of hydrogen-bond acceptors (Lipinski definition) is 3. The van der Waals surface area contributed by atoms with Crippen molar-refractivity contribution in [2.45, 2.75) is 12.3 Å². The molecule has 1 aromatic carbocycles. The van der Waals surface area contributed by atoms with E-state index < -0.39 is 0 Å². The molecule has 1 unspecified atom stereocenters. The second kappa shape index (κ2) is 3.98. The fourth-order valence-electron chi connectivity index (χ4n) is 2.57. The Bertz CT molecular complexity index is 386. The van der Waals surface area contributed by atoms with Crippen LogP contribution in [0.4, 0.5) is 5.69 Å². The fourth-order valence-corrected chi connectivity index (χ4v) is 2.57. The third kappa shape index (κ3) is 1.65. The Hall–Kier alpha value is -1.22. The molecule has 1 saturated heterocycles. The summed E-state index contributed by atoms with van der Waals surface area (Å²) in [4.78, 5) is 2.26. The summed E-state index contributed by atoms with van der Waals surface area (Å²) in [6.45, 7) is 4.03. The van der Waals surface area contributed by atoms with E-state index in [9.17, 15) is 0 Å². The van der Waals surface area contributed by atoms with Crippen LogP contribution in [0.3, 0.4) is 0 Å². The van der Waals surface area contributed by atoms with Crippen LogP contribution in [-0.4, -0.2) is 33.3 Å². The normalized spacial score (nSPS) is 24.1. The molecule has 3 heteroatoms. The Balaban J connectivity index is 1.91. The number of fused-ring (bicyclic) bond motifs is 1. The van der Waals surface area contributed by atoms with Gasteiger partial charge in [-0.1, -0.05) is 6.07 Å². The highest BCUT2D eigenvalue weighted by molar-refractivity contribution is 5.61. The summed E-state index contributed by atoms with van der Waals surface area (Å²) in [7, 11) is 2.12. The molecule has 0 radical (unpaired) electrons. The first kappa shape index (κ1) is 9.97. The molecule has 0 saturated carbocycles. The van der Waals surface area contributed by atoms with Crippen molar-refractivity contribution < 1.29 is 4.74 Å². The minimum absolute atomic E-state index is 0.668. The van der Waals surface area contributed by atoms with Crippen LogP contribution in [-0.2, 0) is 0 Å². The van der Waals surface area contributed by atoms with Crippen LogP contribution in [0.2, 0.25) is 0 Å². The topological polar surface area (TPSA) is 24.5 Å². The largest absolute Gasteiger partial charge is 0.490 e. The number of hydrogen-bond donors (Lipinski definition) is 1.